The van der Waals surface area contributed by atoms with Crippen LogP contribution in [-0.2, 0) is 16.0 Å². The van der Waals surface area contributed by atoms with Crippen LogP contribution in [-0.4, -0.2) is 48.8 Å². The Kier molecular flexibility index (Phi) is 4.33. The second-order valence-corrected chi connectivity index (χ2v) is 6.29. The summed E-state index contributed by atoms with van der Waals surface area (Å²) in [6.07, 6.45) is 7.46. The minimum absolute atomic E-state index is 0.0349. The summed E-state index contributed by atoms with van der Waals surface area (Å²) in [5.74, 6) is 0.942. The van der Waals surface area contributed by atoms with E-state index >= 15 is 0 Å². The van der Waals surface area contributed by atoms with Gasteiger partial charge in [0.05, 0.1) is 25.2 Å². The summed E-state index contributed by atoms with van der Waals surface area (Å²) in [6, 6.07) is 4.15. The van der Waals surface area contributed by atoms with E-state index < -0.39 is 0 Å². The van der Waals surface area contributed by atoms with Gasteiger partial charge in [-0.25, -0.2) is 4.98 Å². The minimum atomic E-state index is -0.0349. The third-order valence-electron chi connectivity index (χ3n) is 4.69. The van der Waals surface area contributed by atoms with Gasteiger partial charge in [0.15, 0.2) is 0 Å². The number of carbonyl (C=O) groups is 1. The van der Waals surface area contributed by atoms with E-state index in [9.17, 15) is 4.79 Å². The molecule has 2 aliphatic heterocycles. The lowest BCUT2D eigenvalue weighted by atomic mass is 10.0. The van der Waals surface area contributed by atoms with Crippen molar-refractivity contribution in [1.82, 2.24) is 9.97 Å². The van der Waals surface area contributed by atoms with Gasteiger partial charge >= 0.3 is 0 Å². The first-order valence-electron chi connectivity index (χ1n) is 8.54. The van der Waals surface area contributed by atoms with Crippen LogP contribution >= 0.6 is 0 Å². The van der Waals surface area contributed by atoms with Crippen molar-refractivity contribution in [2.24, 2.45) is 5.73 Å². The minimum Gasteiger partial charge on any atom is -0.370 e. The van der Waals surface area contributed by atoms with Gasteiger partial charge in [-0.3, -0.25) is 9.78 Å². The van der Waals surface area contributed by atoms with E-state index in [-0.39, 0.29) is 12.5 Å². The normalized spacial score (nSPS) is 17.6. The molecule has 2 aliphatic rings. The smallest absolute Gasteiger partial charge is 0.253 e. The van der Waals surface area contributed by atoms with Crippen molar-refractivity contribution >= 4 is 17.4 Å². The van der Waals surface area contributed by atoms with Crippen LogP contribution in [0.2, 0.25) is 0 Å². The summed E-state index contributed by atoms with van der Waals surface area (Å²) < 4.78 is 5.19. The number of nitrogens with two attached hydrogens (primary N) is 1. The van der Waals surface area contributed by atoms with E-state index in [0.717, 1.165) is 42.0 Å². The number of nitrogens with zero attached hydrogens (tertiary/aromatic N) is 4. The highest BCUT2D eigenvalue weighted by Gasteiger charge is 2.21. The highest BCUT2D eigenvalue weighted by Crippen LogP contribution is 2.30. The van der Waals surface area contributed by atoms with Crippen molar-refractivity contribution in [1.29, 1.82) is 0 Å². The molecule has 130 valence electrons. The number of fused-ring (bicyclic) bond motifs is 1. The van der Waals surface area contributed by atoms with Crippen molar-refractivity contribution in [3.8, 4) is 11.1 Å². The van der Waals surface area contributed by atoms with Gasteiger partial charge < -0.3 is 20.3 Å². The van der Waals surface area contributed by atoms with Crippen LogP contribution in [0.4, 0.5) is 11.5 Å². The number of rotatable bonds is 3. The monoisotopic (exact) mass is 339 g/mol. The van der Waals surface area contributed by atoms with Gasteiger partial charge in [0.1, 0.15) is 12.4 Å². The molecule has 0 spiro atoms. The van der Waals surface area contributed by atoms with Gasteiger partial charge in [-0.2, -0.15) is 0 Å². The van der Waals surface area contributed by atoms with Gasteiger partial charge in [-0.05, 0) is 30.5 Å². The Hall–Kier alpha value is -2.51. The van der Waals surface area contributed by atoms with Gasteiger partial charge in [-0.1, -0.05) is 0 Å². The number of amides is 1. The fourth-order valence-corrected chi connectivity index (χ4v) is 3.40. The number of aryl methyl sites for hydroxylation is 1. The van der Waals surface area contributed by atoms with E-state index in [1.165, 1.54) is 5.56 Å². The molecule has 0 radical (unpaired) electrons. The van der Waals surface area contributed by atoms with Crippen LogP contribution in [0.15, 0.2) is 30.7 Å². The maximum atomic E-state index is 12.0. The van der Waals surface area contributed by atoms with E-state index in [0.29, 0.717) is 19.8 Å². The lowest BCUT2D eigenvalue weighted by molar-refractivity contribution is -0.125. The average molecular weight is 339 g/mol. The molecule has 0 bridgehead atoms. The summed E-state index contributed by atoms with van der Waals surface area (Å²) in [7, 11) is 0. The fraction of sp³-hybridized carbons (Fsp3) is 0.389. The third kappa shape index (κ3) is 3.08. The van der Waals surface area contributed by atoms with E-state index in [4.69, 9.17) is 10.5 Å². The molecule has 25 heavy (non-hydrogen) atoms. The molecule has 2 aromatic rings. The van der Waals surface area contributed by atoms with E-state index in [2.05, 4.69) is 20.9 Å². The standard InChI is InChI=1S/C18H21N5O2/c19-12-22-3-1-2-13-6-14(9-21-18(13)22)15-7-16(10-20-8-15)23-4-5-25-11-17(23)24/h6-10H,1-5,11-12,19H2. The SMILES string of the molecule is NCN1CCCc2cc(-c3cncc(N4CCOCC4=O)c3)cnc21. The zero-order valence-corrected chi connectivity index (χ0v) is 14.0. The molecule has 2 N–H and O–H groups in total. The predicted molar refractivity (Wildman–Crippen MR) is 95.4 cm³/mol. The van der Waals surface area contributed by atoms with Crippen LogP contribution in [0.25, 0.3) is 11.1 Å². The number of aromatic nitrogens is 2. The summed E-state index contributed by atoms with van der Waals surface area (Å²) in [6.45, 7) is 2.66. The van der Waals surface area contributed by atoms with E-state index in [1.807, 2.05) is 12.3 Å². The van der Waals surface area contributed by atoms with Crippen molar-refractivity contribution in [3.63, 3.8) is 0 Å². The van der Waals surface area contributed by atoms with E-state index in [1.54, 1.807) is 17.3 Å². The highest BCUT2D eigenvalue weighted by atomic mass is 16.5. The van der Waals surface area contributed by atoms with Crippen LogP contribution in [0.1, 0.15) is 12.0 Å². The molecule has 0 unspecified atom stereocenters. The van der Waals surface area contributed by atoms with Crippen molar-refractivity contribution in [2.45, 2.75) is 12.8 Å². The first kappa shape index (κ1) is 16.0. The largest absolute Gasteiger partial charge is 0.370 e. The Morgan fingerprint density at radius 2 is 2.04 bits per heavy atom. The second kappa shape index (κ2) is 6.78. The summed E-state index contributed by atoms with van der Waals surface area (Å²) >= 11 is 0. The molecule has 1 fully saturated rings. The first-order chi connectivity index (χ1) is 12.3. The maximum Gasteiger partial charge on any atom is 0.253 e. The molecule has 0 aliphatic carbocycles. The molecule has 1 amide bonds. The van der Waals surface area contributed by atoms with Crippen molar-refractivity contribution in [2.75, 3.05) is 42.8 Å². The van der Waals surface area contributed by atoms with Gasteiger partial charge in [-0.15, -0.1) is 0 Å². The number of ether oxygens (including phenoxy) is 1. The molecule has 2 aromatic heterocycles. The maximum absolute atomic E-state index is 12.0. The van der Waals surface area contributed by atoms with Crippen LogP contribution in [0.5, 0.6) is 0 Å². The van der Waals surface area contributed by atoms with Crippen LogP contribution in [0, 0.1) is 0 Å². The van der Waals surface area contributed by atoms with Crippen LogP contribution < -0.4 is 15.5 Å². The first-order valence-corrected chi connectivity index (χ1v) is 8.54. The highest BCUT2D eigenvalue weighted by molar-refractivity contribution is 5.95. The number of hydrogen-bond donors (Lipinski definition) is 1. The average Bonchev–Trinajstić information content (AvgIpc) is 2.67. The lowest BCUT2D eigenvalue weighted by Crippen LogP contribution is -2.41. The molecule has 4 heterocycles. The molecule has 7 heteroatoms. The molecular formula is C18H21N5O2. The second-order valence-electron chi connectivity index (χ2n) is 6.29. The fourth-order valence-electron chi connectivity index (χ4n) is 3.40. The lowest BCUT2D eigenvalue weighted by Gasteiger charge is -2.29. The number of hydrogen-bond acceptors (Lipinski definition) is 6. The topological polar surface area (TPSA) is 84.6 Å². The molecule has 0 saturated carbocycles. The number of morpholine rings is 1. The zero-order chi connectivity index (χ0) is 17.2. The summed E-state index contributed by atoms with van der Waals surface area (Å²) in [4.78, 5) is 24.8. The molecule has 7 nitrogen and oxygen atoms in total. The van der Waals surface area contributed by atoms with Gasteiger partial charge in [0.2, 0.25) is 0 Å². The van der Waals surface area contributed by atoms with Crippen molar-refractivity contribution in [3.05, 3.63) is 36.3 Å². The molecule has 4 rings (SSSR count). The molecule has 1 saturated heterocycles. The molecule has 0 atom stereocenters. The Labute approximate surface area is 146 Å². The Morgan fingerprint density at radius 3 is 2.88 bits per heavy atom. The number of carbonyl (C=O) groups excluding carboxylic acids is 1. The predicted octanol–water partition coefficient (Wildman–Crippen LogP) is 1.18. The molecular weight excluding hydrogens is 318 g/mol. The quantitative estimate of drug-likeness (QED) is 0.904. The summed E-state index contributed by atoms with van der Waals surface area (Å²) in [5, 5.41) is 0. The third-order valence-corrected chi connectivity index (χ3v) is 4.69. The van der Waals surface area contributed by atoms with Gasteiger partial charge in [0.25, 0.3) is 5.91 Å². The van der Waals surface area contributed by atoms with Crippen LogP contribution in [0.3, 0.4) is 0 Å². The Morgan fingerprint density at radius 1 is 1.16 bits per heavy atom. The molecule has 0 aromatic carbocycles. The Balaban J connectivity index is 1.66. The zero-order valence-electron chi connectivity index (χ0n) is 14.0. The number of anilines is 2. The number of pyridine rings is 2. The Bertz CT molecular complexity index is 795. The van der Waals surface area contributed by atoms with Crippen molar-refractivity contribution < 1.29 is 9.53 Å². The van der Waals surface area contributed by atoms with Gasteiger partial charge in [0, 0.05) is 36.6 Å². The summed E-state index contributed by atoms with van der Waals surface area (Å²) in [5.41, 5.74) is 9.78.